The molecule has 7 nitrogen and oxygen atoms in total. The second kappa shape index (κ2) is 7.63. The number of piperidine rings is 1. The summed E-state index contributed by atoms with van der Waals surface area (Å²) in [4.78, 5) is 28.0. The lowest BCUT2D eigenvalue weighted by Crippen LogP contribution is -2.46. The number of likely N-dealkylation sites (tertiary alicyclic amines) is 1. The van der Waals surface area contributed by atoms with Crippen molar-refractivity contribution in [1.82, 2.24) is 25.0 Å². The lowest BCUT2D eigenvalue weighted by atomic mass is 9.73. The zero-order valence-corrected chi connectivity index (χ0v) is 17.1. The summed E-state index contributed by atoms with van der Waals surface area (Å²) in [6, 6.07) is 7.44. The Labute approximate surface area is 175 Å². The van der Waals surface area contributed by atoms with Gasteiger partial charge in [-0.3, -0.25) is 14.8 Å². The van der Waals surface area contributed by atoms with Gasteiger partial charge in [0.05, 0.1) is 5.56 Å². The number of hydrogen-bond acceptors (Lipinski definition) is 6. The van der Waals surface area contributed by atoms with Gasteiger partial charge in [-0.2, -0.15) is 4.98 Å². The van der Waals surface area contributed by atoms with E-state index in [4.69, 9.17) is 9.51 Å². The predicted octanol–water partition coefficient (Wildman–Crippen LogP) is 3.81. The van der Waals surface area contributed by atoms with E-state index in [0.29, 0.717) is 24.5 Å². The molecule has 1 amide bonds. The Bertz CT molecular complexity index is 1040. The Kier molecular flexibility index (Phi) is 4.81. The number of pyridine rings is 2. The molecule has 7 heteroatoms. The monoisotopic (exact) mass is 403 g/mol. The van der Waals surface area contributed by atoms with Crippen molar-refractivity contribution in [3.8, 4) is 11.5 Å². The molecule has 1 saturated heterocycles. The van der Waals surface area contributed by atoms with Crippen molar-refractivity contribution < 1.29 is 9.32 Å². The number of hydrogen-bond donors (Lipinski definition) is 0. The van der Waals surface area contributed by atoms with E-state index in [1.54, 1.807) is 24.7 Å². The van der Waals surface area contributed by atoms with Crippen molar-refractivity contribution in [3.63, 3.8) is 0 Å². The van der Waals surface area contributed by atoms with Crippen LogP contribution in [0.15, 0.2) is 47.4 Å². The van der Waals surface area contributed by atoms with E-state index in [0.717, 1.165) is 42.3 Å². The maximum atomic E-state index is 13.0. The molecule has 1 saturated carbocycles. The van der Waals surface area contributed by atoms with Crippen molar-refractivity contribution >= 4 is 5.91 Å². The quantitative estimate of drug-likeness (QED) is 0.644. The average Bonchev–Trinajstić information content (AvgIpc) is 3.44. The molecule has 0 spiro atoms. The molecule has 0 unspecified atom stereocenters. The maximum Gasteiger partial charge on any atom is 0.259 e. The van der Waals surface area contributed by atoms with Crippen LogP contribution < -0.4 is 0 Å². The molecule has 3 aromatic rings. The van der Waals surface area contributed by atoms with Gasteiger partial charge in [-0.15, -0.1) is 0 Å². The van der Waals surface area contributed by atoms with Crippen LogP contribution in [0.5, 0.6) is 0 Å². The van der Waals surface area contributed by atoms with Crippen LogP contribution in [-0.4, -0.2) is 44.0 Å². The van der Waals surface area contributed by atoms with Crippen LogP contribution in [0.3, 0.4) is 0 Å². The van der Waals surface area contributed by atoms with Crippen LogP contribution in [0.4, 0.5) is 0 Å². The summed E-state index contributed by atoms with van der Waals surface area (Å²) >= 11 is 0. The standard InChI is InChI=1S/C23H25N5O2/c1-16-13-18(6-10-25-16)21(29)28-11-7-23(8-12-28,14-17-4-5-17)22-26-20(30-27-22)19-3-2-9-24-15-19/h2-3,6,9-10,13,15,17H,4-5,7-8,11-12,14H2,1H3. The average molecular weight is 403 g/mol. The molecule has 5 rings (SSSR count). The first-order chi connectivity index (χ1) is 14.6. The third-order valence-electron chi connectivity index (χ3n) is 6.34. The molecule has 0 bridgehead atoms. The zero-order chi connectivity index (χ0) is 20.6. The van der Waals surface area contributed by atoms with Crippen molar-refractivity contribution in [2.45, 2.75) is 44.4 Å². The highest BCUT2D eigenvalue weighted by atomic mass is 16.5. The van der Waals surface area contributed by atoms with Gasteiger partial charge in [-0.05, 0) is 56.4 Å². The molecule has 3 aromatic heterocycles. The van der Waals surface area contributed by atoms with Gasteiger partial charge in [0.2, 0.25) is 0 Å². The van der Waals surface area contributed by atoms with Gasteiger partial charge in [0.15, 0.2) is 5.82 Å². The minimum absolute atomic E-state index is 0.0738. The largest absolute Gasteiger partial charge is 0.339 e. The molecule has 0 atom stereocenters. The summed E-state index contributed by atoms with van der Waals surface area (Å²) in [6.45, 7) is 3.30. The highest BCUT2D eigenvalue weighted by molar-refractivity contribution is 5.94. The van der Waals surface area contributed by atoms with E-state index in [1.165, 1.54) is 12.8 Å². The molecule has 4 heterocycles. The fourth-order valence-corrected chi connectivity index (χ4v) is 4.44. The summed E-state index contributed by atoms with van der Waals surface area (Å²) in [6.07, 6.45) is 10.5. The third kappa shape index (κ3) is 3.72. The van der Waals surface area contributed by atoms with Gasteiger partial charge in [0.25, 0.3) is 11.8 Å². The molecule has 0 radical (unpaired) electrons. The molecule has 154 valence electrons. The van der Waals surface area contributed by atoms with Crippen LogP contribution in [0.2, 0.25) is 0 Å². The fourth-order valence-electron chi connectivity index (χ4n) is 4.44. The second-order valence-electron chi connectivity index (χ2n) is 8.57. The van der Waals surface area contributed by atoms with Gasteiger partial charge in [0, 0.05) is 48.4 Å². The first-order valence-corrected chi connectivity index (χ1v) is 10.6. The molecule has 2 aliphatic rings. The highest BCUT2D eigenvalue weighted by Gasteiger charge is 2.44. The number of aryl methyl sites for hydroxylation is 1. The Morgan fingerprint density at radius 1 is 1.23 bits per heavy atom. The normalized spacial score (nSPS) is 18.4. The van der Waals surface area contributed by atoms with E-state index in [-0.39, 0.29) is 11.3 Å². The Morgan fingerprint density at radius 2 is 2.07 bits per heavy atom. The van der Waals surface area contributed by atoms with Crippen LogP contribution in [0.25, 0.3) is 11.5 Å². The van der Waals surface area contributed by atoms with E-state index >= 15 is 0 Å². The maximum absolute atomic E-state index is 13.0. The van der Waals surface area contributed by atoms with Gasteiger partial charge in [-0.25, -0.2) is 0 Å². The SMILES string of the molecule is Cc1cc(C(=O)N2CCC(CC3CC3)(c3noc(-c4cccnc4)n3)CC2)ccn1. The zero-order valence-electron chi connectivity index (χ0n) is 17.1. The summed E-state index contributed by atoms with van der Waals surface area (Å²) in [5.41, 5.74) is 2.26. The summed E-state index contributed by atoms with van der Waals surface area (Å²) < 4.78 is 5.60. The molecule has 0 aromatic carbocycles. The van der Waals surface area contributed by atoms with Crippen molar-refractivity contribution in [1.29, 1.82) is 0 Å². The van der Waals surface area contributed by atoms with Crippen LogP contribution in [0.1, 0.15) is 54.0 Å². The highest BCUT2D eigenvalue weighted by Crippen LogP contribution is 2.46. The number of amides is 1. The number of aromatic nitrogens is 4. The van der Waals surface area contributed by atoms with Crippen molar-refractivity contribution in [2.24, 2.45) is 5.92 Å². The minimum Gasteiger partial charge on any atom is -0.339 e. The molecule has 1 aliphatic heterocycles. The summed E-state index contributed by atoms with van der Waals surface area (Å²) in [5, 5.41) is 4.38. The van der Waals surface area contributed by atoms with E-state index in [9.17, 15) is 4.79 Å². The molecule has 1 aliphatic carbocycles. The molecule has 30 heavy (non-hydrogen) atoms. The van der Waals surface area contributed by atoms with Crippen LogP contribution in [0, 0.1) is 12.8 Å². The van der Waals surface area contributed by atoms with Gasteiger partial charge < -0.3 is 9.42 Å². The smallest absolute Gasteiger partial charge is 0.259 e. The summed E-state index contributed by atoms with van der Waals surface area (Å²) in [5.74, 6) is 2.10. The third-order valence-corrected chi connectivity index (χ3v) is 6.34. The van der Waals surface area contributed by atoms with Crippen LogP contribution >= 0.6 is 0 Å². The molecular weight excluding hydrogens is 378 g/mol. The number of nitrogens with zero attached hydrogens (tertiary/aromatic N) is 5. The van der Waals surface area contributed by atoms with Gasteiger partial charge in [-0.1, -0.05) is 18.0 Å². The first-order valence-electron chi connectivity index (χ1n) is 10.6. The summed E-state index contributed by atoms with van der Waals surface area (Å²) in [7, 11) is 0. The van der Waals surface area contributed by atoms with Crippen LogP contribution in [-0.2, 0) is 5.41 Å². The lowest BCUT2D eigenvalue weighted by molar-refractivity contribution is 0.0645. The van der Waals surface area contributed by atoms with E-state index in [1.807, 2.05) is 30.0 Å². The Hall–Kier alpha value is -3.09. The van der Waals surface area contributed by atoms with Crippen molar-refractivity contribution in [3.05, 3.63) is 59.9 Å². The molecule has 0 N–H and O–H groups in total. The topological polar surface area (TPSA) is 85.0 Å². The van der Waals surface area contributed by atoms with Gasteiger partial charge in [0.1, 0.15) is 0 Å². The molecular formula is C23H25N5O2. The lowest BCUT2D eigenvalue weighted by Gasteiger charge is -2.40. The first kappa shape index (κ1) is 18.9. The number of carbonyl (C=O) groups is 1. The van der Waals surface area contributed by atoms with E-state index < -0.39 is 0 Å². The number of carbonyl (C=O) groups excluding carboxylic acids is 1. The number of rotatable bonds is 5. The Morgan fingerprint density at radius 3 is 2.77 bits per heavy atom. The molecule has 2 fully saturated rings. The predicted molar refractivity (Wildman–Crippen MR) is 111 cm³/mol. The van der Waals surface area contributed by atoms with Gasteiger partial charge >= 0.3 is 0 Å². The fraction of sp³-hybridized carbons (Fsp3) is 0.435. The Balaban J connectivity index is 1.36. The van der Waals surface area contributed by atoms with Crippen molar-refractivity contribution in [2.75, 3.05) is 13.1 Å². The second-order valence-corrected chi connectivity index (χ2v) is 8.57. The minimum atomic E-state index is -0.129. The van der Waals surface area contributed by atoms with E-state index in [2.05, 4.69) is 15.1 Å².